The van der Waals surface area contributed by atoms with E-state index in [1.54, 1.807) is 24.3 Å². The number of thiophene rings is 1. The van der Waals surface area contributed by atoms with Crippen molar-refractivity contribution in [1.29, 1.82) is 5.26 Å². The molecule has 162 valence electrons. The molecule has 0 radical (unpaired) electrons. The van der Waals surface area contributed by atoms with Crippen LogP contribution in [0.4, 0.5) is 5.00 Å². The summed E-state index contributed by atoms with van der Waals surface area (Å²) in [5.74, 6) is -0.801. The van der Waals surface area contributed by atoms with Gasteiger partial charge in [0.05, 0.1) is 19.1 Å². The number of amides is 1. The molecule has 2 aromatic rings. The number of Topliss-reactive ketones (excluding diaryl/α,β-unsaturated/α-hetero) is 1. The van der Waals surface area contributed by atoms with E-state index in [0.29, 0.717) is 21.9 Å². The minimum atomic E-state index is -0.631. The summed E-state index contributed by atoms with van der Waals surface area (Å²) in [6.07, 6.45) is 4.84. The number of nitrogens with zero attached hydrogens (tertiary/aromatic N) is 1. The fraction of sp³-hybridized carbons (Fsp3) is 0.391. The fourth-order valence-electron chi connectivity index (χ4n) is 3.45. The number of ether oxygens (including phenoxy) is 2. The first kappa shape index (κ1) is 22.5. The molecule has 1 amide bonds. The Kier molecular flexibility index (Phi) is 7.79. The lowest BCUT2D eigenvalue weighted by molar-refractivity contribution is -0.143. The molecule has 1 aromatic carbocycles. The second-order valence-electron chi connectivity index (χ2n) is 7.24. The zero-order valence-corrected chi connectivity index (χ0v) is 18.2. The summed E-state index contributed by atoms with van der Waals surface area (Å²) >= 11 is 1.45. The van der Waals surface area contributed by atoms with E-state index in [2.05, 4.69) is 11.4 Å². The first-order valence-corrected chi connectivity index (χ1v) is 11.0. The maximum Gasteiger partial charge on any atom is 0.306 e. The molecule has 1 aromatic heterocycles. The molecule has 0 bridgehead atoms. The lowest BCUT2D eigenvalue weighted by atomic mass is 10.1. The van der Waals surface area contributed by atoms with Gasteiger partial charge in [0.15, 0.2) is 12.4 Å². The Balaban J connectivity index is 1.48. The number of esters is 1. The molecule has 1 N–H and O–H groups in total. The largest absolute Gasteiger partial charge is 0.497 e. The molecule has 1 aliphatic rings. The van der Waals surface area contributed by atoms with E-state index in [9.17, 15) is 19.6 Å². The second kappa shape index (κ2) is 10.7. The van der Waals surface area contributed by atoms with Crippen LogP contribution in [-0.4, -0.2) is 31.4 Å². The number of nitriles is 1. The highest BCUT2D eigenvalue weighted by molar-refractivity contribution is 7.16. The minimum Gasteiger partial charge on any atom is -0.497 e. The fourth-order valence-corrected chi connectivity index (χ4v) is 4.71. The van der Waals surface area contributed by atoms with Crippen LogP contribution in [0, 0.1) is 11.3 Å². The van der Waals surface area contributed by atoms with Crippen LogP contribution in [0.25, 0.3) is 0 Å². The molecule has 0 fully saturated rings. The van der Waals surface area contributed by atoms with Crippen molar-refractivity contribution in [2.75, 3.05) is 19.0 Å². The van der Waals surface area contributed by atoms with Crippen molar-refractivity contribution < 1.29 is 23.9 Å². The van der Waals surface area contributed by atoms with Crippen LogP contribution in [0.1, 0.15) is 58.5 Å². The van der Waals surface area contributed by atoms with Gasteiger partial charge in [0.2, 0.25) is 5.91 Å². The Morgan fingerprint density at radius 3 is 2.74 bits per heavy atom. The monoisotopic (exact) mass is 440 g/mol. The molecule has 0 spiro atoms. The average Bonchev–Trinajstić information content (AvgIpc) is 2.94. The van der Waals surface area contributed by atoms with Gasteiger partial charge in [-0.3, -0.25) is 14.4 Å². The van der Waals surface area contributed by atoms with Crippen LogP contribution < -0.4 is 10.1 Å². The van der Waals surface area contributed by atoms with Crippen molar-refractivity contribution in [1.82, 2.24) is 0 Å². The molecule has 31 heavy (non-hydrogen) atoms. The Hall–Kier alpha value is -3.18. The summed E-state index contributed by atoms with van der Waals surface area (Å²) in [4.78, 5) is 37.6. The van der Waals surface area contributed by atoms with Crippen molar-refractivity contribution >= 4 is 34.0 Å². The number of hydrogen-bond acceptors (Lipinski definition) is 7. The van der Waals surface area contributed by atoms with Gasteiger partial charge in [-0.25, -0.2) is 0 Å². The van der Waals surface area contributed by atoms with Crippen LogP contribution in [0.2, 0.25) is 0 Å². The zero-order valence-electron chi connectivity index (χ0n) is 17.4. The van der Waals surface area contributed by atoms with Crippen molar-refractivity contribution in [3.8, 4) is 11.8 Å². The molecule has 7 nitrogen and oxygen atoms in total. The first-order chi connectivity index (χ1) is 15.0. The molecule has 0 saturated carbocycles. The molecule has 3 rings (SSSR count). The maximum atomic E-state index is 12.3. The Bertz CT molecular complexity index is 1020. The average molecular weight is 441 g/mol. The van der Waals surface area contributed by atoms with Crippen molar-refractivity contribution in [3.63, 3.8) is 0 Å². The molecule has 0 unspecified atom stereocenters. The molecule has 0 atom stereocenters. The zero-order chi connectivity index (χ0) is 22.2. The molecular weight excluding hydrogens is 416 g/mol. The summed E-state index contributed by atoms with van der Waals surface area (Å²) in [7, 11) is 1.50. The smallest absolute Gasteiger partial charge is 0.306 e. The number of hydrogen-bond donors (Lipinski definition) is 1. The molecule has 1 aliphatic carbocycles. The highest BCUT2D eigenvalue weighted by Crippen LogP contribution is 2.37. The number of ketones is 1. The number of anilines is 1. The van der Waals surface area contributed by atoms with Gasteiger partial charge in [-0.2, -0.15) is 5.26 Å². The minimum absolute atomic E-state index is 0.0837. The lowest BCUT2D eigenvalue weighted by Crippen LogP contribution is -2.17. The normalized spacial score (nSPS) is 12.8. The summed E-state index contributed by atoms with van der Waals surface area (Å²) in [6.45, 7) is -0.399. The molecular formula is C23H24N2O5S. The van der Waals surface area contributed by atoms with E-state index < -0.39 is 12.6 Å². The van der Waals surface area contributed by atoms with Gasteiger partial charge in [0.1, 0.15) is 16.8 Å². The summed E-state index contributed by atoms with van der Waals surface area (Å²) in [6, 6.07) is 8.79. The number of benzene rings is 1. The third-order valence-corrected chi connectivity index (χ3v) is 6.31. The third kappa shape index (κ3) is 5.92. The highest BCUT2D eigenvalue weighted by atomic mass is 32.1. The van der Waals surface area contributed by atoms with Gasteiger partial charge in [0, 0.05) is 16.9 Å². The van der Waals surface area contributed by atoms with Crippen molar-refractivity contribution in [2.45, 2.75) is 44.9 Å². The summed E-state index contributed by atoms with van der Waals surface area (Å²) in [5.41, 5.74) is 1.98. The van der Waals surface area contributed by atoms with Crippen LogP contribution in [0.15, 0.2) is 24.3 Å². The van der Waals surface area contributed by atoms with Gasteiger partial charge in [0.25, 0.3) is 0 Å². The van der Waals surface area contributed by atoms with E-state index >= 15 is 0 Å². The number of fused-ring (bicyclic) bond motifs is 1. The first-order valence-electron chi connectivity index (χ1n) is 10.2. The topological polar surface area (TPSA) is 105 Å². The number of carbonyl (C=O) groups is 3. The van der Waals surface area contributed by atoms with Crippen LogP contribution in [0.5, 0.6) is 5.75 Å². The SMILES string of the molecule is COc1cccc(C(=O)COC(=O)CCC(=O)Nc2sc3c(c2C#N)CCCCC3)c1. The molecule has 0 aliphatic heterocycles. The second-order valence-corrected chi connectivity index (χ2v) is 8.35. The van der Waals surface area contributed by atoms with E-state index in [1.165, 1.54) is 23.3 Å². The van der Waals surface area contributed by atoms with Gasteiger partial charge in [-0.15, -0.1) is 11.3 Å². The van der Waals surface area contributed by atoms with Crippen LogP contribution in [-0.2, 0) is 27.2 Å². The predicted octanol–water partition coefficient (Wildman–Crippen LogP) is 4.04. The lowest BCUT2D eigenvalue weighted by Gasteiger charge is -2.06. The molecule has 0 saturated heterocycles. The summed E-state index contributed by atoms with van der Waals surface area (Å²) < 4.78 is 10.1. The quantitative estimate of drug-likeness (QED) is 0.377. The number of methoxy groups -OCH3 is 1. The predicted molar refractivity (Wildman–Crippen MR) is 116 cm³/mol. The van der Waals surface area contributed by atoms with Gasteiger partial charge >= 0.3 is 5.97 Å². The van der Waals surface area contributed by atoms with Gasteiger partial charge in [-0.1, -0.05) is 18.6 Å². The molecule has 8 heteroatoms. The summed E-state index contributed by atoms with van der Waals surface area (Å²) in [5, 5.41) is 12.8. The van der Waals surface area contributed by atoms with E-state index in [-0.39, 0.29) is 24.5 Å². The van der Waals surface area contributed by atoms with Crippen LogP contribution >= 0.6 is 11.3 Å². The number of rotatable bonds is 8. The van der Waals surface area contributed by atoms with Crippen molar-refractivity contribution in [2.24, 2.45) is 0 Å². The standard InChI is InChI=1S/C23H24N2O5S/c1-29-16-7-5-6-15(12-16)19(26)14-30-22(28)11-10-21(27)25-23-18(13-24)17-8-3-2-4-9-20(17)31-23/h5-7,12H,2-4,8-11,14H2,1H3,(H,25,27). The maximum absolute atomic E-state index is 12.3. The number of aryl methyl sites for hydroxylation is 1. The highest BCUT2D eigenvalue weighted by Gasteiger charge is 2.21. The van der Waals surface area contributed by atoms with E-state index in [1.807, 2.05) is 0 Å². The Labute approximate surface area is 185 Å². The van der Waals surface area contributed by atoms with Gasteiger partial charge < -0.3 is 14.8 Å². The Morgan fingerprint density at radius 1 is 1.16 bits per heavy atom. The van der Waals surface area contributed by atoms with E-state index in [4.69, 9.17) is 9.47 Å². The van der Waals surface area contributed by atoms with E-state index in [0.717, 1.165) is 37.7 Å². The Morgan fingerprint density at radius 2 is 1.97 bits per heavy atom. The van der Waals surface area contributed by atoms with Crippen LogP contribution in [0.3, 0.4) is 0 Å². The number of nitrogens with one attached hydrogen (secondary N) is 1. The number of carbonyl (C=O) groups excluding carboxylic acids is 3. The third-order valence-electron chi connectivity index (χ3n) is 5.10. The van der Waals surface area contributed by atoms with Crippen molar-refractivity contribution in [3.05, 3.63) is 45.8 Å². The van der Waals surface area contributed by atoms with Gasteiger partial charge in [-0.05, 0) is 43.4 Å². The molecule has 1 heterocycles.